The highest BCUT2D eigenvalue weighted by Gasteiger charge is 2.22. The molecule has 19 heavy (non-hydrogen) atoms. The molecule has 2 N–H and O–H groups in total. The van der Waals surface area contributed by atoms with Crippen LogP contribution in [-0.4, -0.2) is 36.5 Å². The van der Waals surface area contributed by atoms with Crippen LogP contribution in [0.2, 0.25) is 0 Å². The van der Waals surface area contributed by atoms with E-state index in [1.807, 2.05) is 0 Å². The zero-order chi connectivity index (χ0) is 14.8. The molecule has 0 aliphatic carbocycles. The molecular weight excluding hydrogens is 336 g/mol. The summed E-state index contributed by atoms with van der Waals surface area (Å²) in [5.74, 6) is 0. The molecule has 0 saturated heterocycles. The molecule has 0 unspecified atom stereocenters. The second-order valence-electron chi connectivity index (χ2n) is 4.91. The first-order valence-electron chi connectivity index (χ1n) is 5.46. The zero-order valence-corrected chi connectivity index (χ0v) is 13.6. The third-order valence-corrected chi connectivity index (χ3v) is 3.95. The van der Waals surface area contributed by atoms with Crippen molar-refractivity contribution in [1.82, 2.24) is 14.5 Å². The lowest BCUT2D eigenvalue weighted by molar-refractivity contribution is 0.476. The lowest BCUT2D eigenvalue weighted by Crippen LogP contribution is -2.47. The minimum Gasteiger partial charge on any atom is -0.381 e. The van der Waals surface area contributed by atoms with E-state index in [1.54, 1.807) is 20.9 Å². The maximum atomic E-state index is 11.6. The predicted molar refractivity (Wildman–Crippen MR) is 77.7 cm³/mol. The van der Waals surface area contributed by atoms with Gasteiger partial charge in [-0.3, -0.25) is 4.79 Å². The monoisotopic (exact) mass is 352 g/mol. The first-order valence-corrected chi connectivity index (χ1v) is 8.15. The Hall–Kier alpha value is -0.930. The highest BCUT2D eigenvalue weighted by molar-refractivity contribution is 9.10. The molecule has 1 aromatic rings. The van der Waals surface area contributed by atoms with Gasteiger partial charge in [0.05, 0.1) is 18.1 Å². The van der Waals surface area contributed by atoms with Gasteiger partial charge in [0.1, 0.15) is 4.47 Å². The van der Waals surface area contributed by atoms with E-state index in [4.69, 9.17) is 0 Å². The molecule has 1 aromatic heterocycles. The van der Waals surface area contributed by atoms with Gasteiger partial charge < -0.3 is 5.32 Å². The summed E-state index contributed by atoms with van der Waals surface area (Å²) in [6, 6.07) is 0. The maximum Gasteiger partial charge on any atom is 0.282 e. The fourth-order valence-electron chi connectivity index (χ4n) is 1.49. The Morgan fingerprint density at radius 3 is 2.58 bits per heavy atom. The van der Waals surface area contributed by atoms with Gasteiger partial charge in [0, 0.05) is 19.1 Å². The Morgan fingerprint density at radius 2 is 2.05 bits per heavy atom. The molecule has 1 rings (SSSR count). The quantitative estimate of drug-likeness (QED) is 0.793. The van der Waals surface area contributed by atoms with Crippen molar-refractivity contribution in [3.05, 3.63) is 21.0 Å². The molecule has 9 heteroatoms. The zero-order valence-electron chi connectivity index (χ0n) is 11.2. The van der Waals surface area contributed by atoms with E-state index in [-0.39, 0.29) is 5.56 Å². The van der Waals surface area contributed by atoms with E-state index in [9.17, 15) is 13.2 Å². The van der Waals surface area contributed by atoms with Gasteiger partial charge in [-0.2, -0.15) is 5.10 Å². The van der Waals surface area contributed by atoms with Gasteiger partial charge in [-0.15, -0.1) is 0 Å². The Morgan fingerprint density at radius 1 is 1.47 bits per heavy atom. The number of aromatic nitrogens is 2. The van der Waals surface area contributed by atoms with E-state index in [2.05, 4.69) is 31.1 Å². The smallest absolute Gasteiger partial charge is 0.282 e. The third-order valence-electron chi connectivity index (χ3n) is 2.26. The first-order chi connectivity index (χ1) is 8.52. The summed E-state index contributed by atoms with van der Waals surface area (Å²) in [5, 5.41) is 6.88. The van der Waals surface area contributed by atoms with Crippen LogP contribution < -0.4 is 15.6 Å². The van der Waals surface area contributed by atoms with Crippen molar-refractivity contribution in [2.24, 2.45) is 7.05 Å². The summed E-state index contributed by atoms with van der Waals surface area (Å²) >= 11 is 3.19. The van der Waals surface area contributed by atoms with Crippen molar-refractivity contribution in [2.45, 2.75) is 19.4 Å². The minimum absolute atomic E-state index is 0.265. The molecule has 0 spiro atoms. The van der Waals surface area contributed by atoms with Crippen LogP contribution in [0.5, 0.6) is 0 Å². The van der Waals surface area contributed by atoms with Gasteiger partial charge in [-0.05, 0) is 29.8 Å². The average Bonchev–Trinajstić information content (AvgIpc) is 2.21. The van der Waals surface area contributed by atoms with E-state index in [1.165, 1.54) is 10.9 Å². The highest BCUT2D eigenvalue weighted by atomic mass is 79.9. The largest absolute Gasteiger partial charge is 0.381 e. The number of aryl methyl sites for hydroxylation is 1. The Labute approximate surface area is 120 Å². The highest BCUT2D eigenvalue weighted by Crippen LogP contribution is 2.17. The summed E-state index contributed by atoms with van der Waals surface area (Å²) in [6.45, 7) is 3.79. The van der Waals surface area contributed by atoms with Crippen LogP contribution in [0.15, 0.2) is 15.5 Å². The van der Waals surface area contributed by atoms with Crippen molar-refractivity contribution < 1.29 is 8.42 Å². The summed E-state index contributed by atoms with van der Waals surface area (Å²) < 4.78 is 26.5. The van der Waals surface area contributed by atoms with Crippen molar-refractivity contribution in [2.75, 3.05) is 18.1 Å². The molecule has 0 aliphatic rings. The van der Waals surface area contributed by atoms with Gasteiger partial charge in [0.2, 0.25) is 10.0 Å². The lowest BCUT2D eigenvalue weighted by Gasteiger charge is -2.26. The number of nitrogens with one attached hydrogen (secondary N) is 2. The molecule has 0 radical (unpaired) electrons. The molecule has 0 amide bonds. The van der Waals surface area contributed by atoms with Gasteiger partial charge in [-0.1, -0.05) is 0 Å². The lowest BCUT2D eigenvalue weighted by atomic mass is 10.1. The third kappa shape index (κ3) is 4.92. The van der Waals surface area contributed by atoms with Crippen LogP contribution in [0.1, 0.15) is 13.8 Å². The normalized spacial score (nSPS) is 12.5. The molecule has 0 fully saturated rings. The number of halogens is 1. The SMILES string of the molecule is Cn1ncc(NCC(C)(C)NS(C)(=O)=O)c(Br)c1=O. The molecule has 0 aliphatic heterocycles. The Bertz CT molecular complexity index is 624. The molecule has 108 valence electrons. The Balaban J connectivity index is 2.83. The summed E-state index contributed by atoms with van der Waals surface area (Å²) in [4.78, 5) is 11.6. The van der Waals surface area contributed by atoms with E-state index < -0.39 is 15.6 Å². The van der Waals surface area contributed by atoms with Gasteiger partial charge >= 0.3 is 0 Å². The molecule has 0 aromatic carbocycles. The first kappa shape index (κ1) is 16.1. The number of hydrogen-bond donors (Lipinski definition) is 2. The second-order valence-corrected chi connectivity index (χ2v) is 7.45. The van der Waals surface area contributed by atoms with Crippen LogP contribution in [0.25, 0.3) is 0 Å². The fraction of sp³-hybridized carbons (Fsp3) is 0.600. The molecule has 0 saturated carbocycles. The summed E-state index contributed by atoms with van der Waals surface area (Å²) in [6.07, 6.45) is 2.60. The van der Waals surface area contributed by atoms with Crippen molar-refractivity contribution in [3.63, 3.8) is 0 Å². The number of anilines is 1. The molecule has 1 heterocycles. The van der Waals surface area contributed by atoms with E-state index in [0.29, 0.717) is 16.7 Å². The maximum absolute atomic E-state index is 11.6. The predicted octanol–water partition coefficient (Wildman–Crippen LogP) is 0.283. The molecule has 0 atom stereocenters. The van der Waals surface area contributed by atoms with Crippen molar-refractivity contribution >= 4 is 31.6 Å². The standard InChI is InChI=1S/C10H17BrN4O3S/c1-10(2,14-19(4,17)18)6-12-7-5-13-15(3)9(16)8(7)11/h5,12,14H,6H2,1-4H3. The van der Waals surface area contributed by atoms with Crippen LogP contribution in [0.3, 0.4) is 0 Å². The second kappa shape index (κ2) is 5.59. The molecular formula is C10H17BrN4O3S. The minimum atomic E-state index is -3.29. The van der Waals surface area contributed by atoms with E-state index >= 15 is 0 Å². The van der Waals surface area contributed by atoms with E-state index in [0.717, 1.165) is 6.26 Å². The molecule has 0 bridgehead atoms. The summed E-state index contributed by atoms with van der Waals surface area (Å²) in [5.41, 5.74) is -0.431. The van der Waals surface area contributed by atoms with Crippen molar-refractivity contribution in [3.8, 4) is 0 Å². The topological polar surface area (TPSA) is 93.1 Å². The number of nitrogens with zero attached hydrogens (tertiary/aromatic N) is 2. The van der Waals surface area contributed by atoms with Crippen LogP contribution in [0, 0.1) is 0 Å². The average molecular weight is 353 g/mol. The number of rotatable bonds is 5. The number of sulfonamides is 1. The van der Waals surface area contributed by atoms with Crippen molar-refractivity contribution in [1.29, 1.82) is 0 Å². The van der Waals surface area contributed by atoms with Crippen LogP contribution in [-0.2, 0) is 17.1 Å². The Kier molecular flexibility index (Phi) is 4.75. The fourth-order valence-corrected chi connectivity index (χ4v) is 3.06. The number of hydrogen-bond acceptors (Lipinski definition) is 5. The van der Waals surface area contributed by atoms with Crippen LogP contribution in [0.4, 0.5) is 5.69 Å². The molecule has 7 nitrogen and oxygen atoms in total. The summed E-state index contributed by atoms with van der Waals surface area (Å²) in [7, 11) is -1.75. The van der Waals surface area contributed by atoms with Crippen LogP contribution >= 0.6 is 15.9 Å². The van der Waals surface area contributed by atoms with Gasteiger partial charge in [0.15, 0.2) is 0 Å². The van der Waals surface area contributed by atoms with Gasteiger partial charge in [-0.25, -0.2) is 17.8 Å². The van der Waals surface area contributed by atoms with Gasteiger partial charge in [0.25, 0.3) is 5.56 Å².